The first-order valence-electron chi connectivity index (χ1n) is 6.52. The van der Waals surface area contributed by atoms with Crippen LogP contribution in [0.4, 0.5) is 4.79 Å². The Morgan fingerprint density at radius 2 is 2.06 bits per heavy atom. The minimum atomic E-state index is -0.762. The Hall–Kier alpha value is -0.750. The highest BCUT2D eigenvalue weighted by Crippen LogP contribution is 2.26. The fourth-order valence-corrected chi connectivity index (χ4v) is 3.24. The van der Waals surface area contributed by atoms with E-state index in [1.54, 1.807) is 0 Å². The third-order valence-electron chi connectivity index (χ3n) is 3.62. The molecule has 5 nitrogen and oxygen atoms in total. The van der Waals surface area contributed by atoms with Gasteiger partial charge in [0.15, 0.2) is 0 Å². The molecule has 1 atom stereocenters. The van der Waals surface area contributed by atoms with Crippen molar-refractivity contribution in [1.82, 2.24) is 10.6 Å². The van der Waals surface area contributed by atoms with Gasteiger partial charge in [0.05, 0.1) is 5.60 Å². The van der Waals surface area contributed by atoms with Crippen LogP contribution in [0.25, 0.3) is 0 Å². The zero-order valence-electron chi connectivity index (χ0n) is 10.4. The number of amides is 2. The third-order valence-corrected chi connectivity index (χ3v) is 4.50. The number of aliphatic hydroxyl groups is 1. The largest absolute Gasteiger partial charge is 0.388 e. The first-order valence-corrected chi connectivity index (χ1v) is 7.51. The van der Waals surface area contributed by atoms with Gasteiger partial charge in [-0.15, -0.1) is 0 Å². The number of hydrogen-bond donors (Lipinski definition) is 3. The Kier molecular flexibility index (Phi) is 4.50. The lowest BCUT2D eigenvalue weighted by Crippen LogP contribution is -2.49. The molecule has 2 amide bonds. The van der Waals surface area contributed by atoms with Crippen molar-refractivity contribution < 1.29 is 14.7 Å². The molecule has 1 aliphatic heterocycles. The summed E-state index contributed by atoms with van der Waals surface area (Å²) in [5.74, 6) is 0.286. The molecule has 1 aliphatic carbocycles. The summed E-state index contributed by atoms with van der Waals surface area (Å²) in [6.45, 7) is 0.295. The van der Waals surface area contributed by atoms with Crippen molar-refractivity contribution in [2.45, 2.75) is 50.2 Å². The van der Waals surface area contributed by atoms with E-state index in [1.807, 2.05) is 0 Å². The molecule has 0 aromatic carbocycles. The molecule has 1 saturated carbocycles. The second-order valence-corrected chi connectivity index (χ2v) is 6.14. The quantitative estimate of drug-likeness (QED) is 0.670. The molecule has 3 N–H and O–H groups in total. The van der Waals surface area contributed by atoms with Gasteiger partial charge in [0, 0.05) is 12.3 Å². The average molecular weight is 272 g/mol. The van der Waals surface area contributed by atoms with Crippen molar-refractivity contribution in [2.75, 3.05) is 12.3 Å². The standard InChI is InChI=1S/C12H20N2O3S/c15-10(9-7-18-11(16)14-9)13-8-12(17)5-3-1-2-4-6-12/h9,17H,1-8H2,(H,13,15)(H,14,16). The maximum atomic E-state index is 11.8. The minimum absolute atomic E-state index is 0.150. The molecule has 1 unspecified atom stereocenters. The number of thioether (sulfide) groups is 1. The summed E-state index contributed by atoms with van der Waals surface area (Å²) in [6, 6.07) is -0.447. The van der Waals surface area contributed by atoms with E-state index < -0.39 is 11.6 Å². The summed E-state index contributed by atoms with van der Waals surface area (Å²) >= 11 is 1.12. The van der Waals surface area contributed by atoms with E-state index in [1.165, 1.54) is 0 Å². The van der Waals surface area contributed by atoms with Crippen LogP contribution < -0.4 is 10.6 Å². The lowest BCUT2D eigenvalue weighted by atomic mass is 9.94. The van der Waals surface area contributed by atoms with Gasteiger partial charge in [-0.2, -0.15) is 0 Å². The number of hydrogen-bond acceptors (Lipinski definition) is 4. The zero-order valence-corrected chi connectivity index (χ0v) is 11.2. The first kappa shape index (κ1) is 13.7. The first-order chi connectivity index (χ1) is 8.59. The minimum Gasteiger partial charge on any atom is -0.388 e. The molecule has 0 spiro atoms. The summed E-state index contributed by atoms with van der Waals surface area (Å²) in [5.41, 5.74) is -0.762. The molecule has 1 heterocycles. The highest BCUT2D eigenvalue weighted by atomic mass is 32.2. The van der Waals surface area contributed by atoms with E-state index in [4.69, 9.17) is 0 Å². The van der Waals surface area contributed by atoms with Gasteiger partial charge in [0.25, 0.3) is 5.24 Å². The van der Waals surface area contributed by atoms with Crippen molar-refractivity contribution in [3.05, 3.63) is 0 Å². The van der Waals surface area contributed by atoms with E-state index >= 15 is 0 Å². The molecule has 2 aliphatic rings. The highest BCUT2D eigenvalue weighted by Gasteiger charge is 2.32. The molecule has 18 heavy (non-hydrogen) atoms. The molecular formula is C12H20N2O3S. The molecule has 6 heteroatoms. The number of carbonyl (C=O) groups is 2. The number of carbonyl (C=O) groups excluding carboxylic acids is 2. The zero-order chi connectivity index (χ0) is 13.0. The topological polar surface area (TPSA) is 78.4 Å². The molecule has 0 aromatic heterocycles. The Morgan fingerprint density at radius 1 is 1.39 bits per heavy atom. The molecule has 0 aromatic rings. The second-order valence-electron chi connectivity index (χ2n) is 5.15. The van der Waals surface area contributed by atoms with Gasteiger partial charge in [-0.25, -0.2) is 0 Å². The average Bonchev–Trinajstić information content (AvgIpc) is 2.66. The fraction of sp³-hybridized carbons (Fsp3) is 0.833. The predicted molar refractivity (Wildman–Crippen MR) is 70.4 cm³/mol. The van der Waals surface area contributed by atoms with E-state index in [0.29, 0.717) is 12.3 Å². The van der Waals surface area contributed by atoms with Crippen LogP contribution in [0.2, 0.25) is 0 Å². The maximum Gasteiger partial charge on any atom is 0.279 e. The van der Waals surface area contributed by atoms with Crippen molar-refractivity contribution in [3.63, 3.8) is 0 Å². The van der Waals surface area contributed by atoms with Crippen LogP contribution in [-0.2, 0) is 4.79 Å². The monoisotopic (exact) mass is 272 g/mol. The van der Waals surface area contributed by atoms with Gasteiger partial charge in [-0.1, -0.05) is 37.4 Å². The van der Waals surface area contributed by atoms with Gasteiger partial charge in [0.2, 0.25) is 5.91 Å². The smallest absolute Gasteiger partial charge is 0.279 e. The molecule has 0 radical (unpaired) electrons. The van der Waals surface area contributed by atoms with E-state index in [2.05, 4.69) is 10.6 Å². The lowest BCUT2D eigenvalue weighted by molar-refractivity contribution is -0.123. The van der Waals surface area contributed by atoms with E-state index in [9.17, 15) is 14.7 Å². The molecule has 102 valence electrons. The van der Waals surface area contributed by atoms with Gasteiger partial charge in [-0.05, 0) is 12.8 Å². The van der Waals surface area contributed by atoms with Crippen molar-refractivity contribution in [2.24, 2.45) is 0 Å². The van der Waals surface area contributed by atoms with Crippen LogP contribution in [0.1, 0.15) is 38.5 Å². The van der Waals surface area contributed by atoms with E-state index in [0.717, 1.165) is 50.3 Å². The van der Waals surface area contributed by atoms with Gasteiger partial charge in [-0.3, -0.25) is 9.59 Å². The Morgan fingerprint density at radius 3 is 2.61 bits per heavy atom. The molecule has 2 rings (SSSR count). The Bertz CT molecular complexity index is 327. The van der Waals surface area contributed by atoms with Crippen molar-refractivity contribution >= 4 is 22.9 Å². The lowest BCUT2D eigenvalue weighted by Gasteiger charge is -2.27. The van der Waals surface area contributed by atoms with Crippen molar-refractivity contribution in [3.8, 4) is 0 Å². The van der Waals surface area contributed by atoms with E-state index in [-0.39, 0.29) is 11.1 Å². The number of nitrogens with one attached hydrogen (secondary N) is 2. The summed E-state index contributed by atoms with van der Waals surface area (Å²) in [5, 5.41) is 15.6. The van der Waals surface area contributed by atoms with Crippen LogP contribution in [0, 0.1) is 0 Å². The SMILES string of the molecule is O=C1NC(C(=O)NCC2(O)CCCCCC2)CS1. The van der Waals surface area contributed by atoms with Gasteiger partial charge in [0.1, 0.15) is 6.04 Å². The maximum absolute atomic E-state index is 11.8. The second kappa shape index (κ2) is 5.93. The fourth-order valence-electron chi connectivity index (χ4n) is 2.46. The Balaban J connectivity index is 1.79. The molecule has 2 fully saturated rings. The summed E-state index contributed by atoms with van der Waals surface area (Å²) < 4.78 is 0. The molecular weight excluding hydrogens is 252 g/mol. The van der Waals surface area contributed by atoms with Crippen molar-refractivity contribution in [1.29, 1.82) is 0 Å². The van der Waals surface area contributed by atoms with Crippen LogP contribution in [0.15, 0.2) is 0 Å². The van der Waals surface area contributed by atoms with Gasteiger partial charge < -0.3 is 15.7 Å². The van der Waals surface area contributed by atoms with Crippen LogP contribution in [0.5, 0.6) is 0 Å². The highest BCUT2D eigenvalue weighted by molar-refractivity contribution is 8.14. The predicted octanol–water partition coefficient (Wildman–Crippen LogP) is 1.01. The summed E-state index contributed by atoms with van der Waals surface area (Å²) in [4.78, 5) is 22.8. The number of rotatable bonds is 3. The summed E-state index contributed by atoms with van der Waals surface area (Å²) in [6.07, 6.45) is 5.85. The molecule has 1 saturated heterocycles. The summed E-state index contributed by atoms with van der Waals surface area (Å²) in [7, 11) is 0. The Labute approximate surface area is 111 Å². The van der Waals surface area contributed by atoms with Crippen LogP contribution in [0.3, 0.4) is 0 Å². The van der Waals surface area contributed by atoms with Crippen LogP contribution in [-0.4, -0.2) is 40.2 Å². The normalized spacial score (nSPS) is 27.4. The van der Waals surface area contributed by atoms with Crippen LogP contribution >= 0.6 is 11.8 Å². The third kappa shape index (κ3) is 3.62. The molecule has 0 bridgehead atoms. The van der Waals surface area contributed by atoms with Gasteiger partial charge >= 0.3 is 0 Å².